The highest BCUT2D eigenvalue weighted by molar-refractivity contribution is 7.92. The van der Waals surface area contributed by atoms with Crippen LogP contribution in [0.1, 0.15) is 5.56 Å². The highest BCUT2D eigenvalue weighted by Crippen LogP contribution is 2.34. The van der Waals surface area contributed by atoms with Gasteiger partial charge in [-0.25, -0.2) is 4.98 Å². The number of aromatic amines is 1. The van der Waals surface area contributed by atoms with E-state index in [9.17, 15) is 13.5 Å². The second-order valence-electron chi connectivity index (χ2n) is 4.66. The summed E-state index contributed by atoms with van der Waals surface area (Å²) in [7, 11) is -3.74. The third-order valence-electron chi connectivity index (χ3n) is 3.21. The summed E-state index contributed by atoms with van der Waals surface area (Å²) in [6, 6.07) is 8.66. The quantitative estimate of drug-likeness (QED) is 0.647. The molecule has 0 saturated heterocycles. The van der Waals surface area contributed by atoms with Crippen LogP contribution in [0.4, 0.5) is 5.69 Å². The highest BCUT2D eigenvalue weighted by Gasteiger charge is 2.18. The number of anilines is 1. The Balaban J connectivity index is 2.16. The molecule has 3 aromatic rings. The van der Waals surface area contributed by atoms with Gasteiger partial charge in [0.25, 0.3) is 10.0 Å². The largest absolute Gasteiger partial charge is 0.507 e. The molecule has 0 saturated carbocycles. The first-order valence-electron chi connectivity index (χ1n) is 6.21. The Labute approximate surface area is 121 Å². The van der Waals surface area contributed by atoms with Crippen LogP contribution in [0.5, 0.6) is 5.75 Å². The van der Waals surface area contributed by atoms with Gasteiger partial charge in [0.15, 0.2) is 5.03 Å². The predicted molar refractivity (Wildman–Crippen MR) is 79.7 cm³/mol. The molecular weight excluding hydrogens is 290 g/mol. The normalized spacial score (nSPS) is 11.7. The van der Waals surface area contributed by atoms with Crippen molar-refractivity contribution in [3.63, 3.8) is 0 Å². The van der Waals surface area contributed by atoms with Crippen LogP contribution >= 0.6 is 0 Å². The number of aromatic hydroxyl groups is 1. The lowest BCUT2D eigenvalue weighted by molar-refractivity contribution is 0.477. The van der Waals surface area contributed by atoms with E-state index in [1.54, 1.807) is 37.3 Å². The number of sulfonamides is 1. The van der Waals surface area contributed by atoms with E-state index < -0.39 is 10.0 Å². The van der Waals surface area contributed by atoms with E-state index in [0.717, 1.165) is 0 Å². The summed E-state index contributed by atoms with van der Waals surface area (Å²) in [5.41, 5.74) is 1.01. The molecule has 21 heavy (non-hydrogen) atoms. The van der Waals surface area contributed by atoms with Gasteiger partial charge in [0, 0.05) is 10.8 Å². The van der Waals surface area contributed by atoms with Gasteiger partial charge in [-0.05, 0) is 18.6 Å². The third kappa shape index (κ3) is 2.31. The van der Waals surface area contributed by atoms with Gasteiger partial charge in [0.05, 0.1) is 18.2 Å². The number of benzene rings is 2. The van der Waals surface area contributed by atoms with Crippen LogP contribution in [0.25, 0.3) is 10.8 Å². The summed E-state index contributed by atoms with van der Waals surface area (Å²) in [5.74, 6) is 0.148. The Morgan fingerprint density at radius 3 is 2.62 bits per heavy atom. The molecule has 7 heteroatoms. The molecule has 0 spiro atoms. The lowest BCUT2D eigenvalue weighted by Gasteiger charge is -2.12. The number of nitrogens with one attached hydrogen (secondary N) is 2. The van der Waals surface area contributed by atoms with Crippen LogP contribution in [0.3, 0.4) is 0 Å². The lowest BCUT2D eigenvalue weighted by Crippen LogP contribution is -2.13. The monoisotopic (exact) mass is 303 g/mol. The first-order valence-corrected chi connectivity index (χ1v) is 7.70. The van der Waals surface area contributed by atoms with E-state index in [0.29, 0.717) is 22.0 Å². The molecule has 0 bridgehead atoms. The fraction of sp³-hybridized carbons (Fsp3) is 0.0714. The predicted octanol–water partition coefficient (Wildman–Crippen LogP) is 2.38. The lowest BCUT2D eigenvalue weighted by atomic mass is 10.0. The number of fused-ring (bicyclic) bond motifs is 1. The first-order chi connectivity index (χ1) is 9.99. The van der Waals surface area contributed by atoms with Gasteiger partial charge in [0.1, 0.15) is 5.75 Å². The van der Waals surface area contributed by atoms with E-state index in [1.807, 2.05) is 0 Å². The number of aromatic nitrogens is 2. The number of nitrogens with zero attached hydrogens (tertiary/aromatic N) is 1. The summed E-state index contributed by atoms with van der Waals surface area (Å²) in [6.45, 7) is 1.72. The molecule has 108 valence electrons. The molecule has 0 amide bonds. The van der Waals surface area contributed by atoms with Crippen molar-refractivity contribution >= 4 is 26.5 Å². The Hall–Kier alpha value is -2.54. The third-order valence-corrected chi connectivity index (χ3v) is 4.50. The van der Waals surface area contributed by atoms with Crippen molar-refractivity contribution in [2.45, 2.75) is 11.9 Å². The molecule has 1 heterocycles. The Bertz CT molecular complexity index is 903. The maximum absolute atomic E-state index is 12.3. The second kappa shape index (κ2) is 4.78. The van der Waals surface area contributed by atoms with Crippen molar-refractivity contribution in [1.29, 1.82) is 0 Å². The van der Waals surface area contributed by atoms with Gasteiger partial charge in [-0.3, -0.25) is 4.72 Å². The molecule has 1 aromatic heterocycles. The van der Waals surface area contributed by atoms with Gasteiger partial charge in [-0.1, -0.05) is 24.3 Å². The average molecular weight is 303 g/mol. The summed E-state index contributed by atoms with van der Waals surface area (Å²) in [6.07, 6.45) is 2.53. The zero-order chi connectivity index (χ0) is 15.0. The van der Waals surface area contributed by atoms with Crippen LogP contribution in [0, 0.1) is 6.92 Å². The molecule has 0 aliphatic carbocycles. The summed E-state index contributed by atoms with van der Waals surface area (Å²) in [4.78, 5) is 6.27. The van der Waals surface area contributed by atoms with E-state index in [2.05, 4.69) is 14.7 Å². The Morgan fingerprint density at radius 1 is 1.24 bits per heavy atom. The first kappa shape index (κ1) is 13.4. The molecular formula is C14H13N3O3S. The molecule has 3 N–H and O–H groups in total. The minimum Gasteiger partial charge on any atom is -0.507 e. The maximum atomic E-state index is 12.3. The second-order valence-corrected chi connectivity index (χ2v) is 6.31. The van der Waals surface area contributed by atoms with Gasteiger partial charge in [-0.2, -0.15) is 8.42 Å². The number of aryl methyl sites for hydroxylation is 1. The molecule has 2 aromatic carbocycles. The number of hydrogen-bond donors (Lipinski definition) is 3. The van der Waals surface area contributed by atoms with E-state index in [-0.39, 0.29) is 10.8 Å². The van der Waals surface area contributed by atoms with Gasteiger partial charge in [0.2, 0.25) is 0 Å². The van der Waals surface area contributed by atoms with Crippen LogP contribution in [0.15, 0.2) is 47.9 Å². The number of phenols is 1. The fourth-order valence-electron chi connectivity index (χ4n) is 2.17. The van der Waals surface area contributed by atoms with E-state index >= 15 is 0 Å². The Kier molecular flexibility index (Phi) is 3.06. The minimum atomic E-state index is -3.74. The van der Waals surface area contributed by atoms with Crippen LogP contribution in [-0.4, -0.2) is 23.5 Å². The molecule has 3 rings (SSSR count). The van der Waals surface area contributed by atoms with Gasteiger partial charge >= 0.3 is 0 Å². The van der Waals surface area contributed by atoms with Crippen LogP contribution in [0.2, 0.25) is 0 Å². The summed E-state index contributed by atoms with van der Waals surface area (Å²) >= 11 is 0. The van der Waals surface area contributed by atoms with Crippen molar-refractivity contribution < 1.29 is 13.5 Å². The van der Waals surface area contributed by atoms with Crippen LogP contribution in [-0.2, 0) is 10.0 Å². The van der Waals surface area contributed by atoms with E-state index in [1.165, 1.54) is 12.5 Å². The summed E-state index contributed by atoms with van der Waals surface area (Å²) in [5, 5.41) is 11.3. The minimum absolute atomic E-state index is 0.0164. The molecule has 0 aliphatic rings. The van der Waals surface area contributed by atoms with E-state index in [4.69, 9.17) is 0 Å². The average Bonchev–Trinajstić information content (AvgIpc) is 2.99. The Morgan fingerprint density at radius 2 is 1.95 bits per heavy atom. The zero-order valence-corrected chi connectivity index (χ0v) is 12.0. The smallest absolute Gasteiger partial charge is 0.278 e. The van der Waals surface area contributed by atoms with Crippen molar-refractivity contribution in [2.75, 3.05) is 4.72 Å². The highest BCUT2D eigenvalue weighted by atomic mass is 32.2. The van der Waals surface area contributed by atoms with Crippen LogP contribution < -0.4 is 4.72 Å². The number of phenolic OH excluding ortho intramolecular Hbond substituents is 1. The zero-order valence-electron chi connectivity index (χ0n) is 11.2. The number of H-pyrrole nitrogens is 1. The molecule has 0 unspecified atom stereocenters. The molecule has 0 radical (unpaired) electrons. The molecule has 6 nitrogen and oxygen atoms in total. The van der Waals surface area contributed by atoms with Gasteiger partial charge in [-0.15, -0.1) is 0 Å². The van der Waals surface area contributed by atoms with Gasteiger partial charge < -0.3 is 10.1 Å². The summed E-state index contributed by atoms with van der Waals surface area (Å²) < 4.78 is 27.0. The SMILES string of the molecule is Cc1cc(NS(=O)(=O)c2cnc[nH]2)c2ccccc2c1O. The number of imidazole rings is 1. The van der Waals surface area contributed by atoms with Crippen molar-refractivity contribution in [3.8, 4) is 5.75 Å². The number of hydrogen-bond acceptors (Lipinski definition) is 4. The van der Waals surface area contributed by atoms with Crippen molar-refractivity contribution in [2.24, 2.45) is 0 Å². The number of rotatable bonds is 3. The van der Waals surface area contributed by atoms with Crippen molar-refractivity contribution in [3.05, 3.63) is 48.4 Å². The van der Waals surface area contributed by atoms with Crippen molar-refractivity contribution in [1.82, 2.24) is 9.97 Å². The molecule has 0 atom stereocenters. The molecule has 0 fully saturated rings. The standard InChI is InChI=1S/C14H13N3O3S/c1-9-6-12(10-4-2-3-5-11(10)14(9)18)17-21(19,20)13-7-15-8-16-13/h2-8,17-18H,1H3,(H,15,16). The maximum Gasteiger partial charge on any atom is 0.278 e. The fourth-order valence-corrected chi connectivity index (χ4v) is 3.15. The topological polar surface area (TPSA) is 95.1 Å². The molecule has 0 aliphatic heterocycles.